The summed E-state index contributed by atoms with van der Waals surface area (Å²) in [6.45, 7) is 1.11. The number of esters is 1. The van der Waals surface area contributed by atoms with Crippen LogP contribution in [0.2, 0.25) is 0 Å². The summed E-state index contributed by atoms with van der Waals surface area (Å²) in [5.41, 5.74) is 0.637. The number of rotatable bonds is 5. The van der Waals surface area contributed by atoms with Gasteiger partial charge in [-0.3, -0.25) is 14.0 Å². The molecule has 0 aliphatic heterocycles. The Morgan fingerprint density at radius 3 is 2.80 bits per heavy atom. The van der Waals surface area contributed by atoms with Crippen LogP contribution in [0.1, 0.15) is 10.4 Å². The second-order valence-electron chi connectivity index (χ2n) is 4.07. The molecule has 2 aromatic rings. The maximum Gasteiger partial charge on any atom is 0.339 e. The molecule has 0 saturated heterocycles. The van der Waals surface area contributed by atoms with Crippen LogP contribution in [0.3, 0.4) is 0 Å². The number of carbonyl (C=O) groups is 1. The highest BCUT2D eigenvalue weighted by atomic mass is 16.5. The number of aromatic nitrogens is 3. The monoisotopic (exact) mass is 277 g/mol. The van der Waals surface area contributed by atoms with Crippen molar-refractivity contribution in [3.05, 3.63) is 46.6 Å². The average Bonchev–Trinajstić information content (AvgIpc) is 2.93. The molecule has 0 radical (unpaired) electrons. The third-order valence-corrected chi connectivity index (χ3v) is 2.75. The molecule has 0 fully saturated rings. The molecule has 0 unspecified atom stereocenters. The Morgan fingerprint density at radius 1 is 1.30 bits per heavy atom. The Bertz CT molecular complexity index is 660. The summed E-state index contributed by atoms with van der Waals surface area (Å²) in [5.74, 6) is -0.495. The Labute approximate surface area is 115 Å². The highest BCUT2D eigenvalue weighted by Gasteiger charge is 2.09. The summed E-state index contributed by atoms with van der Waals surface area (Å²) in [6, 6.07) is 2.75. The third-order valence-electron chi connectivity index (χ3n) is 2.75. The van der Waals surface area contributed by atoms with Crippen molar-refractivity contribution in [2.75, 3.05) is 20.8 Å². The molecule has 7 heteroatoms. The molecular formula is C13H15N3O4. The van der Waals surface area contributed by atoms with E-state index in [2.05, 4.69) is 9.84 Å². The standard InChI is InChI=1S/C13H15N3O4/c1-19-6-5-15-9-11(7-14-15)16-8-10(13(18)20-2)3-4-12(16)17/h3-4,7-9H,5-6H2,1-2H3. The van der Waals surface area contributed by atoms with Crippen LogP contribution in [0.4, 0.5) is 0 Å². The van der Waals surface area contributed by atoms with Gasteiger partial charge in [-0.25, -0.2) is 4.79 Å². The van der Waals surface area contributed by atoms with Crippen LogP contribution in [-0.2, 0) is 16.0 Å². The molecule has 0 saturated carbocycles. The Kier molecular flexibility index (Phi) is 4.31. The minimum Gasteiger partial charge on any atom is -0.465 e. The minimum absolute atomic E-state index is 0.246. The van der Waals surface area contributed by atoms with Crippen LogP contribution in [0, 0.1) is 0 Å². The number of methoxy groups -OCH3 is 2. The number of hydrogen-bond donors (Lipinski definition) is 0. The molecule has 0 atom stereocenters. The van der Waals surface area contributed by atoms with Gasteiger partial charge in [0.1, 0.15) is 0 Å². The molecule has 0 aromatic carbocycles. The van der Waals surface area contributed by atoms with Gasteiger partial charge in [0.25, 0.3) is 5.56 Å². The van der Waals surface area contributed by atoms with Crippen molar-refractivity contribution in [2.24, 2.45) is 0 Å². The van der Waals surface area contributed by atoms with E-state index in [0.29, 0.717) is 24.4 Å². The Balaban J connectivity index is 2.34. The van der Waals surface area contributed by atoms with E-state index in [1.54, 1.807) is 24.2 Å². The molecule has 0 aliphatic carbocycles. The van der Waals surface area contributed by atoms with Crippen molar-refractivity contribution in [3.8, 4) is 5.69 Å². The molecule has 20 heavy (non-hydrogen) atoms. The lowest BCUT2D eigenvalue weighted by Crippen LogP contribution is -2.18. The van der Waals surface area contributed by atoms with E-state index in [0.717, 1.165) is 0 Å². The smallest absolute Gasteiger partial charge is 0.339 e. The van der Waals surface area contributed by atoms with Crippen molar-refractivity contribution in [2.45, 2.75) is 6.54 Å². The minimum atomic E-state index is -0.495. The predicted octanol–water partition coefficient (Wildman–Crippen LogP) is 0.467. The first-order valence-corrected chi connectivity index (χ1v) is 5.98. The van der Waals surface area contributed by atoms with Crippen molar-refractivity contribution < 1.29 is 14.3 Å². The number of nitrogens with zero attached hydrogens (tertiary/aromatic N) is 3. The zero-order chi connectivity index (χ0) is 14.5. The second-order valence-corrected chi connectivity index (χ2v) is 4.07. The van der Waals surface area contributed by atoms with E-state index in [1.165, 1.54) is 30.0 Å². The van der Waals surface area contributed by atoms with Gasteiger partial charge in [0.15, 0.2) is 0 Å². The van der Waals surface area contributed by atoms with Crippen LogP contribution in [-0.4, -0.2) is 41.1 Å². The van der Waals surface area contributed by atoms with E-state index < -0.39 is 5.97 Å². The summed E-state index contributed by atoms with van der Waals surface area (Å²) < 4.78 is 12.6. The first-order chi connectivity index (χ1) is 9.65. The summed E-state index contributed by atoms with van der Waals surface area (Å²) in [4.78, 5) is 23.3. The van der Waals surface area contributed by atoms with E-state index in [-0.39, 0.29) is 5.56 Å². The molecule has 2 heterocycles. The third kappa shape index (κ3) is 2.94. The maximum atomic E-state index is 11.9. The van der Waals surface area contributed by atoms with Gasteiger partial charge in [0, 0.05) is 25.6 Å². The predicted molar refractivity (Wildman–Crippen MR) is 71.0 cm³/mol. The van der Waals surface area contributed by atoms with Crippen LogP contribution in [0.15, 0.2) is 35.5 Å². The quantitative estimate of drug-likeness (QED) is 0.742. The van der Waals surface area contributed by atoms with Crippen molar-refractivity contribution in [1.29, 1.82) is 0 Å². The fraction of sp³-hybridized carbons (Fsp3) is 0.308. The fourth-order valence-electron chi connectivity index (χ4n) is 1.71. The molecule has 106 valence electrons. The largest absolute Gasteiger partial charge is 0.465 e. The fourth-order valence-corrected chi connectivity index (χ4v) is 1.71. The first kappa shape index (κ1) is 14.0. The van der Waals surface area contributed by atoms with E-state index in [4.69, 9.17) is 4.74 Å². The van der Waals surface area contributed by atoms with Crippen molar-refractivity contribution in [3.63, 3.8) is 0 Å². The number of pyridine rings is 1. The van der Waals surface area contributed by atoms with Gasteiger partial charge >= 0.3 is 5.97 Å². The van der Waals surface area contributed by atoms with Gasteiger partial charge in [-0.2, -0.15) is 5.10 Å². The van der Waals surface area contributed by atoms with Gasteiger partial charge in [0.05, 0.1) is 37.7 Å². The van der Waals surface area contributed by atoms with Gasteiger partial charge < -0.3 is 9.47 Å². The van der Waals surface area contributed by atoms with Crippen molar-refractivity contribution >= 4 is 5.97 Å². The first-order valence-electron chi connectivity index (χ1n) is 5.98. The lowest BCUT2D eigenvalue weighted by molar-refractivity contribution is 0.0600. The normalized spacial score (nSPS) is 10.5. The van der Waals surface area contributed by atoms with Crippen LogP contribution < -0.4 is 5.56 Å². The molecule has 0 spiro atoms. The summed E-state index contributed by atoms with van der Waals surface area (Å²) in [7, 11) is 2.90. The Hall–Kier alpha value is -2.41. The van der Waals surface area contributed by atoms with Crippen LogP contribution in [0.5, 0.6) is 0 Å². The molecule has 2 aromatic heterocycles. The van der Waals surface area contributed by atoms with Crippen molar-refractivity contribution in [1.82, 2.24) is 14.3 Å². The molecule has 0 N–H and O–H groups in total. The van der Waals surface area contributed by atoms with Crippen LogP contribution >= 0.6 is 0 Å². The lowest BCUT2D eigenvalue weighted by Gasteiger charge is -2.04. The summed E-state index contributed by atoms with van der Waals surface area (Å²) >= 11 is 0. The summed E-state index contributed by atoms with van der Waals surface area (Å²) in [6.07, 6.45) is 4.70. The zero-order valence-corrected chi connectivity index (χ0v) is 11.3. The SMILES string of the molecule is COCCn1cc(-n2cc(C(=O)OC)ccc2=O)cn1. The molecule has 0 bridgehead atoms. The Morgan fingerprint density at radius 2 is 2.10 bits per heavy atom. The van der Waals surface area contributed by atoms with Gasteiger partial charge in [-0.15, -0.1) is 0 Å². The van der Waals surface area contributed by atoms with E-state index >= 15 is 0 Å². The number of carbonyl (C=O) groups excluding carboxylic acids is 1. The maximum absolute atomic E-state index is 11.9. The number of hydrogen-bond acceptors (Lipinski definition) is 5. The molecular weight excluding hydrogens is 262 g/mol. The molecule has 0 aliphatic rings. The molecule has 2 rings (SSSR count). The van der Waals surface area contributed by atoms with Crippen LogP contribution in [0.25, 0.3) is 5.69 Å². The lowest BCUT2D eigenvalue weighted by atomic mass is 10.3. The van der Waals surface area contributed by atoms with Gasteiger partial charge in [0.2, 0.25) is 0 Å². The highest BCUT2D eigenvalue weighted by Crippen LogP contribution is 2.06. The van der Waals surface area contributed by atoms with E-state index in [1.807, 2.05) is 0 Å². The van der Waals surface area contributed by atoms with Gasteiger partial charge in [-0.05, 0) is 6.07 Å². The molecule has 7 nitrogen and oxygen atoms in total. The second kappa shape index (κ2) is 6.16. The molecule has 0 amide bonds. The zero-order valence-electron chi connectivity index (χ0n) is 11.3. The average molecular weight is 277 g/mol. The van der Waals surface area contributed by atoms with Gasteiger partial charge in [-0.1, -0.05) is 0 Å². The van der Waals surface area contributed by atoms with E-state index in [9.17, 15) is 9.59 Å². The summed E-state index contributed by atoms with van der Waals surface area (Å²) in [5, 5.41) is 4.13. The topological polar surface area (TPSA) is 75.3 Å². The number of ether oxygens (including phenoxy) is 2. The highest BCUT2D eigenvalue weighted by molar-refractivity contribution is 5.88.